The van der Waals surface area contributed by atoms with Crippen LogP contribution in [0.4, 0.5) is 0 Å². The third-order valence-corrected chi connectivity index (χ3v) is 5.88. The first-order valence-electron chi connectivity index (χ1n) is 10.1. The van der Waals surface area contributed by atoms with Crippen molar-refractivity contribution in [2.45, 2.75) is 12.6 Å². The number of aryl methyl sites for hydroxylation is 1. The topological polar surface area (TPSA) is 41.6 Å². The number of imidazole rings is 1. The van der Waals surface area contributed by atoms with Crippen LogP contribution in [-0.4, -0.2) is 55.6 Å². The van der Waals surface area contributed by atoms with Crippen LogP contribution in [-0.2, 0) is 13.6 Å². The number of likely N-dealkylation sites (N-methyl/N-ethyl adjacent to an activating group) is 1. The van der Waals surface area contributed by atoms with Crippen molar-refractivity contribution < 1.29 is 0 Å². The highest BCUT2D eigenvalue weighted by Gasteiger charge is 2.28. The maximum absolute atomic E-state index is 4.83. The Labute approximate surface area is 171 Å². The van der Waals surface area contributed by atoms with E-state index >= 15 is 0 Å². The average Bonchev–Trinajstić information content (AvgIpc) is 3.35. The van der Waals surface area contributed by atoms with Crippen LogP contribution in [0.25, 0.3) is 16.6 Å². The zero-order chi connectivity index (χ0) is 19.8. The van der Waals surface area contributed by atoms with Gasteiger partial charge in [0, 0.05) is 51.2 Å². The number of hydrogen-bond acceptors (Lipinski definition) is 4. The number of hydrogen-bond donors (Lipinski definition) is 0. The molecule has 0 bridgehead atoms. The van der Waals surface area contributed by atoms with Crippen molar-refractivity contribution in [1.29, 1.82) is 0 Å². The van der Waals surface area contributed by atoms with E-state index in [-0.39, 0.29) is 6.04 Å². The first-order chi connectivity index (χ1) is 14.2. The second kappa shape index (κ2) is 7.46. The van der Waals surface area contributed by atoms with Crippen LogP contribution in [0.1, 0.15) is 17.3 Å². The molecule has 0 saturated carbocycles. The summed E-state index contributed by atoms with van der Waals surface area (Å²) in [6.07, 6.45) is 8.19. The summed E-state index contributed by atoms with van der Waals surface area (Å²) < 4.78 is 4.03. The lowest BCUT2D eigenvalue weighted by Crippen LogP contribution is -2.46. The second-order valence-corrected chi connectivity index (χ2v) is 7.96. The Morgan fingerprint density at radius 1 is 0.966 bits per heavy atom. The van der Waals surface area contributed by atoms with Gasteiger partial charge < -0.3 is 4.40 Å². The minimum atomic E-state index is 0.285. The van der Waals surface area contributed by atoms with Gasteiger partial charge in [-0.25, -0.2) is 4.98 Å². The summed E-state index contributed by atoms with van der Waals surface area (Å²) in [6, 6.07) is 15.2. The molecule has 1 aliphatic rings. The second-order valence-electron chi connectivity index (χ2n) is 7.96. The Morgan fingerprint density at radius 2 is 1.83 bits per heavy atom. The van der Waals surface area contributed by atoms with E-state index in [1.54, 1.807) is 0 Å². The minimum absolute atomic E-state index is 0.285. The van der Waals surface area contributed by atoms with Crippen molar-refractivity contribution >= 4 is 5.52 Å². The number of rotatable bonds is 4. The van der Waals surface area contributed by atoms with Gasteiger partial charge in [-0.05, 0) is 24.2 Å². The highest BCUT2D eigenvalue weighted by Crippen LogP contribution is 2.29. The van der Waals surface area contributed by atoms with E-state index < -0.39 is 0 Å². The summed E-state index contributed by atoms with van der Waals surface area (Å²) in [5.41, 5.74) is 6.03. The standard InChI is InChI=1S/C23H26N6/c1-26-10-11-28(14-18-12-25-27(2)13-18)16-22(26)23-21-9-8-20(15-29(21)17-24-23)19-6-4-3-5-7-19/h3-9,12-13,15,17,22H,10-11,14,16H2,1-2H3/t22-/m1/s1. The minimum Gasteiger partial charge on any atom is -0.305 e. The molecule has 29 heavy (non-hydrogen) atoms. The van der Waals surface area contributed by atoms with Gasteiger partial charge in [0.2, 0.25) is 0 Å². The fraction of sp³-hybridized carbons (Fsp3) is 0.304. The molecule has 4 heterocycles. The van der Waals surface area contributed by atoms with Gasteiger partial charge in [0.1, 0.15) is 0 Å². The SMILES string of the molecule is CN1CCN(Cc2cnn(C)c2)C[C@@H]1c1ncn2cc(-c3ccccc3)ccc12. The van der Waals surface area contributed by atoms with Crippen molar-refractivity contribution in [3.05, 3.63) is 78.6 Å². The molecular formula is C23H26N6. The van der Waals surface area contributed by atoms with Crippen LogP contribution >= 0.6 is 0 Å². The van der Waals surface area contributed by atoms with Crippen molar-refractivity contribution in [2.75, 3.05) is 26.7 Å². The molecule has 0 N–H and O–H groups in total. The Balaban J connectivity index is 1.41. The number of piperazine rings is 1. The van der Waals surface area contributed by atoms with Gasteiger partial charge in [-0.3, -0.25) is 14.5 Å². The quantitative estimate of drug-likeness (QED) is 0.540. The Hall–Kier alpha value is -2.96. The van der Waals surface area contributed by atoms with E-state index in [2.05, 4.69) is 75.1 Å². The maximum Gasteiger partial charge on any atom is 0.0996 e. The molecule has 6 nitrogen and oxygen atoms in total. The number of pyridine rings is 1. The summed E-state index contributed by atoms with van der Waals surface area (Å²) in [5, 5.41) is 4.30. The van der Waals surface area contributed by atoms with Crippen LogP contribution in [0.5, 0.6) is 0 Å². The van der Waals surface area contributed by atoms with Gasteiger partial charge in [0.05, 0.1) is 29.8 Å². The Kier molecular flexibility index (Phi) is 4.66. The molecular weight excluding hydrogens is 360 g/mol. The normalized spacial score (nSPS) is 18.5. The summed E-state index contributed by atoms with van der Waals surface area (Å²) in [7, 11) is 4.17. The molecule has 5 rings (SSSR count). The van der Waals surface area contributed by atoms with E-state index in [0.29, 0.717) is 0 Å². The molecule has 1 saturated heterocycles. The zero-order valence-electron chi connectivity index (χ0n) is 16.9. The number of benzene rings is 1. The van der Waals surface area contributed by atoms with Crippen molar-refractivity contribution in [3.8, 4) is 11.1 Å². The van der Waals surface area contributed by atoms with Crippen LogP contribution in [0.2, 0.25) is 0 Å². The first kappa shape index (κ1) is 18.1. The third kappa shape index (κ3) is 3.57. The molecule has 1 aliphatic heterocycles. The highest BCUT2D eigenvalue weighted by atomic mass is 15.3. The van der Waals surface area contributed by atoms with Crippen molar-refractivity contribution in [2.24, 2.45) is 7.05 Å². The summed E-state index contributed by atoms with van der Waals surface area (Å²) in [4.78, 5) is 9.76. The van der Waals surface area contributed by atoms with Crippen molar-refractivity contribution in [3.63, 3.8) is 0 Å². The lowest BCUT2D eigenvalue weighted by Gasteiger charge is -2.38. The number of nitrogens with zero attached hydrogens (tertiary/aromatic N) is 6. The molecule has 6 heteroatoms. The van der Waals surface area contributed by atoms with Crippen LogP contribution in [0, 0.1) is 0 Å². The molecule has 1 fully saturated rings. The van der Waals surface area contributed by atoms with Crippen LogP contribution in [0.3, 0.4) is 0 Å². The molecule has 1 atom stereocenters. The molecule has 0 spiro atoms. The van der Waals surface area contributed by atoms with Gasteiger partial charge in [-0.2, -0.15) is 5.10 Å². The molecule has 0 amide bonds. The van der Waals surface area contributed by atoms with Crippen LogP contribution in [0.15, 0.2) is 67.4 Å². The smallest absolute Gasteiger partial charge is 0.0996 e. The van der Waals surface area contributed by atoms with Gasteiger partial charge in [-0.1, -0.05) is 36.4 Å². The lowest BCUT2D eigenvalue weighted by molar-refractivity contribution is 0.0892. The van der Waals surface area contributed by atoms with Crippen LogP contribution < -0.4 is 0 Å². The van der Waals surface area contributed by atoms with Gasteiger partial charge in [0.25, 0.3) is 0 Å². The fourth-order valence-electron chi connectivity index (χ4n) is 4.26. The molecule has 3 aromatic heterocycles. The molecule has 0 unspecified atom stereocenters. The fourth-order valence-corrected chi connectivity index (χ4v) is 4.26. The zero-order valence-corrected chi connectivity index (χ0v) is 16.9. The van der Waals surface area contributed by atoms with Crippen molar-refractivity contribution in [1.82, 2.24) is 29.0 Å². The van der Waals surface area contributed by atoms with E-state index in [9.17, 15) is 0 Å². The maximum atomic E-state index is 4.83. The lowest BCUT2D eigenvalue weighted by atomic mass is 10.1. The summed E-state index contributed by atoms with van der Waals surface area (Å²) in [6.45, 7) is 4.00. The van der Waals surface area contributed by atoms with Gasteiger partial charge >= 0.3 is 0 Å². The first-order valence-corrected chi connectivity index (χ1v) is 10.1. The van der Waals surface area contributed by atoms with E-state index in [0.717, 1.165) is 31.9 Å². The average molecular weight is 387 g/mol. The Morgan fingerprint density at radius 3 is 2.62 bits per heavy atom. The molecule has 4 aromatic rings. The molecule has 1 aromatic carbocycles. The van der Waals surface area contributed by atoms with E-state index in [1.807, 2.05) is 30.3 Å². The largest absolute Gasteiger partial charge is 0.305 e. The predicted molar refractivity (Wildman–Crippen MR) is 114 cm³/mol. The molecule has 0 radical (unpaired) electrons. The summed E-state index contributed by atoms with van der Waals surface area (Å²) >= 11 is 0. The highest BCUT2D eigenvalue weighted by molar-refractivity contribution is 5.66. The predicted octanol–water partition coefficient (Wildman–Crippen LogP) is 3.22. The monoisotopic (exact) mass is 386 g/mol. The third-order valence-electron chi connectivity index (χ3n) is 5.88. The van der Waals surface area contributed by atoms with E-state index in [1.165, 1.54) is 22.2 Å². The molecule has 148 valence electrons. The van der Waals surface area contributed by atoms with Gasteiger partial charge in [-0.15, -0.1) is 0 Å². The number of aromatic nitrogens is 4. The molecule has 0 aliphatic carbocycles. The Bertz CT molecular complexity index is 1110. The van der Waals surface area contributed by atoms with E-state index in [4.69, 9.17) is 4.98 Å². The number of fused-ring (bicyclic) bond motifs is 1. The summed E-state index contributed by atoms with van der Waals surface area (Å²) in [5.74, 6) is 0. The van der Waals surface area contributed by atoms with Gasteiger partial charge in [0.15, 0.2) is 0 Å².